The number of aryl methyl sites for hydroxylation is 1. The van der Waals surface area contributed by atoms with Crippen LogP contribution in [0.2, 0.25) is 0 Å². The standard InChI is InChI=1S/C21H24N4O3S2/c1-4-28-18(26)9-16-11-29-21(23-16)25-19(27)13(3)30-20-15(10-22)8-14-7-12(2)5-6-17(14)24-20/h8,11-13H,4-7,9H2,1-3H3,(H,23,25,27). The summed E-state index contributed by atoms with van der Waals surface area (Å²) in [4.78, 5) is 33.1. The van der Waals surface area contributed by atoms with Gasteiger partial charge in [-0.15, -0.1) is 11.3 Å². The molecule has 1 N–H and O–H groups in total. The Morgan fingerprint density at radius 2 is 2.27 bits per heavy atom. The molecule has 0 spiro atoms. The number of hydrogen-bond acceptors (Lipinski definition) is 8. The quantitative estimate of drug-likeness (QED) is 0.512. The molecule has 158 valence electrons. The Labute approximate surface area is 184 Å². The Balaban J connectivity index is 1.64. The van der Waals surface area contributed by atoms with Crippen LogP contribution in [0.3, 0.4) is 0 Å². The molecule has 1 aliphatic rings. The van der Waals surface area contributed by atoms with E-state index in [1.54, 1.807) is 19.2 Å². The normalized spacial score (nSPS) is 16.3. The predicted octanol–water partition coefficient (Wildman–Crippen LogP) is 3.76. The van der Waals surface area contributed by atoms with E-state index in [2.05, 4.69) is 23.3 Å². The van der Waals surface area contributed by atoms with Gasteiger partial charge in [-0.3, -0.25) is 9.59 Å². The summed E-state index contributed by atoms with van der Waals surface area (Å²) in [6, 6.07) is 4.14. The third kappa shape index (κ3) is 5.58. The third-order valence-corrected chi connectivity index (χ3v) is 6.70. The lowest BCUT2D eigenvalue weighted by Crippen LogP contribution is -2.23. The van der Waals surface area contributed by atoms with Gasteiger partial charge in [-0.2, -0.15) is 5.26 Å². The van der Waals surface area contributed by atoms with Gasteiger partial charge < -0.3 is 10.1 Å². The van der Waals surface area contributed by atoms with E-state index in [1.165, 1.54) is 23.1 Å². The number of nitrogens with one attached hydrogen (secondary N) is 1. The van der Waals surface area contributed by atoms with Gasteiger partial charge in [-0.25, -0.2) is 9.97 Å². The highest BCUT2D eigenvalue weighted by atomic mass is 32.2. The number of thiazole rings is 1. The first-order valence-corrected chi connectivity index (χ1v) is 11.7. The topological polar surface area (TPSA) is 105 Å². The Hall–Kier alpha value is -2.44. The van der Waals surface area contributed by atoms with E-state index in [0.29, 0.717) is 33.9 Å². The second-order valence-electron chi connectivity index (χ2n) is 7.28. The van der Waals surface area contributed by atoms with Crippen molar-refractivity contribution in [1.82, 2.24) is 9.97 Å². The largest absolute Gasteiger partial charge is 0.466 e. The summed E-state index contributed by atoms with van der Waals surface area (Å²) < 4.78 is 4.91. The fourth-order valence-electron chi connectivity index (χ4n) is 3.23. The number of thioether (sulfide) groups is 1. The first kappa shape index (κ1) is 22.2. The number of amides is 1. The molecule has 0 bridgehead atoms. The van der Waals surface area contributed by atoms with Gasteiger partial charge in [0.2, 0.25) is 5.91 Å². The number of aromatic nitrogens is 2. The van der Waals surface area contributed by atoms with E-state index in [0.717, 1.165) is 30.5 Å². The first-order chi connectivity index (χ1) is 14.4. The Bertz CT molecular complexity index is 983. The Kier molecular flexibility index (Phi) is 7.45. The van der Waals surface area contributed by atoms with E-state index in [1.807, 2.05) is 6.07 Å². The lowest BCUT2D eigenvalue weighted by molar-refractivity contribution is -0.142. The van der Waals surface area contributed by atoms with Crippen LogP contribution in [0.25, 0.3) is 0 Å². The predicted molar refractivity (Wildman–Crippen MR) is 117 cm³/mol. The molecule has 0 aliphatic heterocycles. The molecule has 0 saturated heterocycles. The number of rotatable bonds is 7. The molecule has 2 atom stereocenters. The number of anilines is 1. The summed E-state index contributed by atoms with van der Waals surface area (Å²) in [5, 5.41) is 14.6. The van der Waals surface area contributed by atoms with Crippen LogP contribution < -0.4 is 5.32 Å². The molecule has 1 aliphatic carbocycles. The second-order valence-corrected chi connectivity index (χ2v) is 9.47. The Morgan fingerprint density at radius 3 is 3.00 bits per heavy atom. The van der Waals surface area contributed by atoms with Gasteiger partial charge >= 0.3 is 5.97 Å². The summed E-state index contributed by atoms with van der Waals surface area (Å²) in [5.41, 5.74) is 3.25. The number of ether oxygens (including phenoxy) is 1. The molecular weight excluding hydrogens is 420 g/mol. The van der Waals surface area contributed by atoms with Crippen LogP contribution in [0.5, 0.6) is 0 Å². The van der Waals surface area contributed by atoms with E-state index in [-0.39, 0.29) is 18.3 Å². The number of carbonyl (C=O) groups is 2. The maximum atomic E-state index is 12.6. The van der Waals surface area contributed by atoms with Gasteiger partial charge in [-0.1, -0.05) is 18.7 Å². The SMILES string of the molecule is CCOC(=O)Cc1csc(NC(=O)C(C)Sc2nc3c(cc2C#N)CC(C)CC3)n1. The molecule has 0 aromatic carbocycles. The molecule has 2 unspecified atom stereocenters. The van der Waals surface area contributed by atoms with Crippen LogP contribution in [0.15, 0.2) is 16.5 Å². The molecular formula is C21H24N4O3S2. The molecule has 0 fully saturated rings. The van der Waals surface area contributed by atoms with E-state index in [9.17, 15) is 14.9 Å². The molecule has 3 rings (SSSR count). The second kappa shape index (κ2) is 10.0. The summed E-state index contributed by atoms with van der Waals surface area (Å²) in [6.07, 6.45) is 3.01. The van der Waals surface area contributed by atoms with Crippen LogP contribution in [0.1, 0.15) is 49.7 Å². The number of esters is 1. The number of pyridine rings is 1. The molecule has 0 saturated carbocycles. The minimum absolute atomic E-state index is 0.0771. The van der Waals surface area contributed by atoms with Gasteiger partial charge in [0.15, 0.2) is 5.13 Å². The zero-order chi connectivity index (χ0) is 21.7. The van der Waals surface area contributed by atoms with Crippen LogP contribution in [-0.2, 0) is 33.6 Å². The van der Waals surface area contributed by atoms with Crippen molar-refractivity contribution < 1.29 is 14.3 Å². The number of fused-ring (bicyclic) bond motifs is 1. The van der Waals surface area contributed by atoms with Crippen molar-refractivity contribution >= 4 is 40.1 Å². The minimum atomic E-state index is -0.456. The number of hydrogen-bond donors (Lipinski definition) is 1. The van der Waals surface area contributed by atoms with Crippen molar-refractivity contribution in [1.29, 1.82) is 5.26 Å². The van der Waals surface area contributed by atoms with Crippen molar-refractivity contribution in [3.8, 4) is 6.07 Å². The maximum Gasteiger partial charge on any atom is 0.311 e. The third-order valence-electron chi connectivity index (χ3n) is 4.79. The highest BCUT2D eigenvalue weighted by Crippen LogP contribution is 2.31. The van der Waals surface area contributed by atoms with Crippen molar-refractivity contribution in [3.63, 3.8) is 0 Å². The first-order valence-electron chi connectivity index (χ1n) is 9.90. The van der Waals surface area contributed by atoms with E-state index >= 15 is 0 Å². The number of carbonyl (C=O) groups excluding carboxylic acids is 2. The monoisotopic (exact) mass is 444 g/mol. The molecule has 2 aromatic heterocycles. The van der Waals surface area contributed by atoms with Gasteiger partial charge in [-0.05, 0) is 50.7 Å². The zero-order valence-corrected chi connectivity index (χ0v) is 18.9. The van der Waals surface area contributed by atoms with Crippen LogP contribution >= 0.6 is 23.1 Å². The summed E-state index contributed by atoms with van der Waals surface area (Å²) in [5.74, 6) is 0.0247. The molecule has 0 radical (unpaired) electrons. The maximum absolute atomic E-state index is 12.6. The van der Waals surface area contributed by atoms with Gasteiger partial charge in [0, 0.05) is 11.1 Å². The minimum Gasteiger partial charge on any atom is -0.466 e. The van der Waals surface area contributed by atoms with Crippen LogP contribution in [0.4, 0.5) is 5.13 Å². The highest BCUT2D eigenvalue weighted by Gasteiger charge is 2.23. The van der Waals surface area contributed by atoms with Crippen molar-refractivity contribution in [2.75, 3.05) is 11.9 Å². The van der Waals surface area contributed by atoms with Gasteiger partial charge in [0.25, 0.3) is 0 Å². The average Bonchev–Trinajstić information content (AvgIpc) is 3.14. The highest BCUT2D eigenvalue weighted by molar-refractivity contribution is 8.00. The Morgan fingerprint density at radius 1 is 1.47 bits per heavy atom. The van der Waals surface area contributed by atoms with Crippen molar-refractivity contribution in [2.45, 2.75) is 56.7 Å². The molecule has 9 heteroatoms. The molecule has 2 aromatic rings. The lowest BCUT2D eigenvalue weighted by atomic mass is 9.87. The zero-order valence-electron chi connectivity index (χ0n) is 17.2. The fourth-order valence-corrected chi connectivity index (χ4v) is 4.84. The number of nitrogens with zero attached hydrogens (tertiary/aromatic N) is 3. The number of nitriles is 1. The molecule has 30 heavy (non-hydrogen) atoms. The van der Waals surface area contributed by atoms with Crippen LogP contribution in [0, 0.1) is 17.2 Å². The summed E-state index contributed by atoms with van der Waals surface area (Å²) in [6.45, 7) is 6.05. The van der Waals surface area contributed by atoms with Crippen molar-refractivity contribution in [3.05, 3.63) is 34.0 Å². The lowest BCUT2D eigenvalue weighted by Gasteiger charge is -2.22. The van der Waals surface area contributed by atoms with E-state index in [4.69, 9.17) is 9.72 Å². The average molecular weight is 445 g/mol. The van der Waals surface area contributed by atoms with Crippen LogP contribution in [-0.4, -0.2) is 33.7 Å². The molecule has 7 nitrogen and oxygen atoms in total. The van der Waals surface area contributed by atoms with E-state index < -0.39 is 5.25 Å². The van der Waals surface area contributed by atoms with Gasteiger partial charge in [0.05, 0.1) is 29.5 Å². The smallest absolute Gasteiger partial charge is 0.311 e. The van der Waals surface area contributed by atoms with Gasteiger partial charge in [0.1, 0.15) is 11.1 Å². The fraction of sp³-hybridized carbons (Fsp3) is 0.476. The summed E-state index contributed by atoms with van der Waals surface area (Å²) in [7, 11) is 0. The molecule has 1 amide bonds. The van der Waals surface area contributed by atoms with Crippen molar-refractivity contribution in [2.24, 2.45) is 5.92 Å². The molecule has 2 heterocycles. The summed E-state index contributed by atoms with van der Waals surface area (Å²) >= 11 is 2.54.